The zero-order chi connectivity index (χ0) is 4.50. The van der Waals surface area contributed by atoms with Crippen LogP contribution in [0, 0.1) is 0 Å². The van der Waals surface area contributed by atoms with E-state index in [0.29, 0.717) is 0 Å². The van der Waals surface area contributed by atoms with Gasteiger partial charge >= 0.3 is 49.6 Å². The van der Waals surface area contributed by atoms with Gasteiger partial charge in [0.05, 0.1) is 0 Å². The molecule has 10 N–H and O–H groups in total. The van der Waals surface area contributed by atoms with Crippen molar-refractivity contribution in [1.82, 2.24) is 0 Å². The van der Waals surface area contributed by atoms with Crippen LogP contribution < -0.4 is 0 Å². The molecule has 0 aliphatic rings. The molecule has 5 nitrogen and oxygen atoms in total. The maximum atomic E-state index is 5.04. The van der Waals surface area contributed by atoms with Crippen LogP contribution in [0.4, 0.5) is 0 Å². The van der Waals surface area contributed by atoms with Gasteiger partial charge in [0.25, 0.3) is 0 Å². The number of hydrogen-bond donors (Lipinski definition) is 0. The predicted molar refractivity (Wildman–Crippen MR) is 47.2 cm³/mol. The Bertz CT molecular complexity index is 29.1. The van der Waals surface area contributed by atoms with Crippen molar-refractivity contribution in [2.24, 2.45) is 0 Å². The number of halogens is 4. The Labute approximate surface area is 76.5 Å². The van der Waals surface area contributed by atoms with Crippen LogP contribution in [0.3, 0.4) is 0 Å². The Morgan fingerprint density at radius 3 is 0.500 bits per heavy atom. The van der Waals surface area contributed by atoms with Gasteiger partial charge in [-0.1, -0.05) is 0 Å². The van der Waals surface area contributed by atoms with Crippen molar-refractivity contribution in [2.45, 2.75) is 0 Å². The van der Waals surface area contributed by atoms with Gasteiger partial charge in [0, 0.05) is 0 Å². The molecular weight excluding hydrogens is 341 g/mol. The topological polar surface area (TPSA) is 158 Å². The molecule has 0 aromatic heterocycles. The minimum absolute atomic E-state index is 0. The first kappa shape index (κ1) is 41.0. The van der Waals surface area contributed by atoms with Crippen LogP contribution in [0.15, 0.2) is 0 Å². The van der Waals surface area contributed by atoms with Crippen molar-refractivity contribution in [3.8, 4) is 0 Å². The van der Waals surface area contributed by atoms with Gasteiger partial charge in [-0.25, -0.2) is 0 Å². The van der Waals surface area contributed by atoms with Gasteiger partial charge in [-0.05, 0) is 0 Å². The third kappa shape index (κ3) is 242. The summed E-state index contributed by atoms with van der Waals surface area (Å²) in [6.45, 7) is 0. The molecule has 0 radical (unpaired) electrons. The second-order valence-electron chi connectivity index (χ2n) is 0.429. The molecule has 0 saturated heterocycles. The van der Waals surface area contributed by atoms with Gasteiger partial charge in [0.2, 0.25) is 0 Å². The molecule has 0 amide bonds. The fourth-order valence-electron chi connectivity index (χ4n) is 0. The third-order valence-electron chi connectivity index (χ3n) is 0. The summed E-state index contributed by atoms with van der Waals surface area (Å²) < 4.78 is 0. The Balaban J connectivity index is -0.00000000800. The molecule has 0 unspecified atom stereocenters. The molecule has 0 heterocycles. The summed E-state index contributed by atoms with van der Waals surface area (Å²) in [5.74, 6) is 0. The summed E-state index contributed by atoms with van der Waals surface area (Å²) in [5, 5.41) is 0. The molecule has 0 aliphatic carbocycles. The van der Waals surface area contributed by atoms with Crippen LogP contribution in [0.1, 0.15) is 0 Å². The zero-order valence-electron chi connectivity index (χ0n) is 4.51. The van der Waals surface area contributed by atoms with E-state index in [1.54, 1.807) is 0 Å². The van der Waals surface area contributed by atoms with Gasteiger partial charge in [-0.15, -0.1) is 0 Å². The SMILES string of the molecule is O.O.O.O.O.[Cl][Sn]([Cl])([Cl])[Cl]. The van der Waals surface area contributed by atoms with E-state index in [0.717, 1.165) is 0 Å². The van der Waals surface area contributed by atoms with Gasteiger partial charge in [-0.2, -0.15) is 0 Å². The molecule has 0 aromatic carbocycles. The number of rotatable bonds is 0. The van der Waals surface area contributed by atoms with E-state index in [2.05, 4.69) is 0 Å². The maximum absolute atomic E-state index is 5.04. The van der Waals surface area contributed by atoms with E-state index < -0.39 is 13.9 Å². The average Bonchev–Trinajstić information content (AvgIpc) is 0.722. The molecule has 0 bridgehead atoms. The molecular formula is H10Cl4O5Sn. The zero-order valence-corrected chi connectivity index (χ0v) is 10.4. The molecule has 0 saturated carbocycles. The molecule has 0 aliphatic heterocycles. The first-order valence-corrected chi connectivity index (χ1v) is 15.2. The van der Waals surface area contributed by atoms with Gasteiger partial charge < -0.3 is 27.4 Å². The molecule has 0 spiro atoms. The van der Waals surface area contributed by atoms with Crippen LogP contribution in [0.5, 0.6) is 0 Å². The summed E-state index contributed by atoms with van der Waals surface area (Å²) in [7, 11) is 20.1. The van der Waals surface area contributed by atoms with Crippen LogP contribution in [-0.2, 0) is 0 Å². The fraction of sp³-hybridized carbons (Fsp3) is 0. The van der Waals surface area contributed by atoms with Crippen LogP contribution in [0.2, 0.25) is 0 Å². The van der Waals surface area contributed by atoms with Crippen molar-refractivity contribution in [3.05, 3.63) is 0 Å². The Morgan fingerprint density at radius 1 is 0.500 bits per heavy atom. The van der Waals surface area contributed by atoms with Crippen LogP contribution in [-0.4, -0.2) is 41.3 Å². The second-order valence-corrected chi connectivity index (χ2v) is 25.9. The predicted octanol–water partition coefficient (Wildman–Crippen LogP) is -1.75. The van der Waals surface area contributed by atoms with E-state index in [9.17, 15) is 0 Å². The summed E-state index contributed by atoms with van der Waals surface area (Å²) in [6.07, 6.45) is 0. The van der Waals surface area contributed by atoms with Crippen LogP contribution >= 0.6 is 35.7 Å². The molecule has 0 fully saturated rings. The minimum atomic E-state index is -3.29. The Morgan fingerprint density at radius 2 is 0.500 bits per heavy atom. The third-order valence-corrected chi connectivity index (χ3v) is 0. The van der Waals surface area contributed by atoms with E-state index in [4.69, 9.17) is 35.7 Å². The molecule has 0 aromatic rings. The average molecular weight is 351 g/mol. The van der Waals surface area contributed by atoms with Crippen molar-refractivity contribution in [3.63, 3.8) is 0 Å². The molecule has 72 valence electrons. The summed E-state index contributed by atoms with van der Waals surface area (Å²) >= 11 is -3.29. The van der Waals surface area contributed by atoms with Gasteiger partial charge in [0.1, 0.15) is 0 Å². The van der Waals surface area contributed by atoms with E-state index >= 15 is 0 Å². The summed E-state index contributed by atoms with van der Waals surface area (Å²) in [6, 6.07) is 0. The van der Waals surface area contributed by atoms with Gasteiger partial charge in [-0.3, -0.25) is 0 Å². The Kier molecular flexibility index (Phi) is 69.9. The standard InChI is InChI=1S/4ClH.5H2O.Sn/h4*1H;5*1H2;/q;;;;;;;;;+4/p-4. The molecule has 0 atom stereocenters. The van der Waals surface area contributed by atoms with Crippen molar-refractivity contribution >= 4 is 49.6 Å². The molecule has 10 heavy (non-hydrogen) atoms. The van der Waals surface area contributed by atoms with Crippen molar-refractivity contribution in [1.29, 1.82) is 0 Å². The van der Waals surface area contributed by atoms with E-state index in [1.807, 2.05) is 0 Å². The van der Waals surface area contributed by atoms with E-state index in [-0.39, 0.29) is 27.4 Å². The van der Waals surface area contributed by atoms with Crippen molar-refractivity contribution in [2.75, 3.05) is 0 Å². The number of hydrogen-bond acceptors (Lipinski definition) is 0. The summed E-state index contributed by atoms with van der Waals surface area (Å²) in [4.78, 5) is 0. The second kappa shape index (κ2) is 17.0. The Hall–Kier alpha value is 1.76. The monoisotopic (exact) mass is 350 g/mol. The first-order valence-electron chi connectivity index (χ1n) is 0.756. The molecule has 0 rings (SSSR count). The summed E-state index contributed by atoms with van der Waals surface area (Å²) in [5.41, 5.74) is 0. The quantitative estimate of drug-likeness (QED) is 0.454. The van der Waals surface area contributed by atoms with Crippen LogP contribution in [0.25, 0.3) is 0 Å². The fourth-order valence-corrected chi connectivity index (χ4v) is 0. The van der Waals surface area contributed by atoms with Crippen molar-refractivity contribution < 1.29 is 27.4 Å². The van der Waals surface area contributed by atoms with Gasteiger partial charge in [0.15, 0.2) is 0 Å². The molecule has 10 heteroatoms. The van der Waals surface area contributed by atoms with E-state index in [1.165, 1.54) is 0 Å². The normalized spacial score (nSPS) is 6.00. The first-order chi connectivity index (χ1) is 2.00.